The standard InChI is InChI=1S/C15H18BrF2N3O.HI/c1-19-15(21-12-4-2-3-5-12)20-9-10-8-11(16)6-7-13(10)22-14(17)18;/h2-3,6-8,12,14H,4-5,9H2,1H3,(H2,19,20,21);1H. The summed E-state index contributed by atoms with van der Waals surface area (Å²) in [6, 6.07) is 5.25. The van der Waals surface area contributed by atoms with E-state index in [0.29, 0.717) is 24.1 Å². The van der Waals surface area contributed by atoms with Gasteiger partial charge in [-0.25, -0.2) is 0 Å². The van der Waals surface area contributed by atoms with Crippen molar-refractivity contribution in [2.45, 2.75) is 32.0 Å². The summed E-state index contributed by atoms with van der Waals surface area (Å²) in [5.41, 5.74) is 0.627. The minimum absolute atomic E-state index is 0. The molecule has 0 heterocycles. The van der Waals surface area contributed by atoms with E-state index in [1.54, 1.807) is 19.2 Å². The highest BCUT2D eigenvalue weighted by Gasteiger charge is 2.13. The van der Waals surface area contributed by atoms with Crippen molar-refractivity contribution in [1.82, 2.24) is 10.6 Å². The Labute approximate surface area is 159 Å². The zero-order valence-electron chi connectivity index (χ0n) is 12.6. The lowest BCUT2D eigenvalue weighted by Gasteiger charge is -2.18. The summed E-state index contributed by atoms with van der Waals surface area (Å²) >= 11 is 3.33. The van der Waals surface area contributed by atoms with Crippen molar-refractivity contribution < 1.29 is 13.5 Å². The van der Waals surface area contributed by atoms with Crippen LogP contribution in [0.15, 0.2) is 39.8 Å². The Hall–Kier alpha value is -0.900. The molecule has 1 aliphatic carbocycles. The van der Waals surface area contributed by atoms with Gasteiger partial charge in [-0.15, -0.1) is 24.0 Å². The number of rotatable bonds is 5. The zero-order chi connectivity index (χ0) is 15.9. The molecule has 0 saturated carbocycles. The molecule has 0 amide bonds. The molecular weight excluding hydrogens is 483 g/mol. The Morgan fingerprint density at radius 1 is 1.39 bits per heavy atom. The van der Waals surface area contributed by atoms with Gasteiger partial charge in [0, 0.05) is 29.7 Å². The first-order valence-corrected chi connectivity index (χ1v) is 7.73. The van der Waals surface area contributed by atoms with E-state index in [4.69, 9.17) is 0 Å². The second-order valence-corrected chi connectivity index (χ2v) is 5.76. The maximum Gasteiger partial charge on any atom is 0.387 e. The number of nitrogens with zero attached hydrogens (tertiary/aromatic N) is 1. The van der Waals surface area contributed by atoms with E-state index in [1.165, 1.54) is 6.07 Å². The van der Waals surface area contributed by atoms with E-state index in [1.807, 2.05) is 0 Å². The molecule has 1 aromatic carbocycles. The van der Waals surface area contributed by atoms with Gasteiger partial charge in [-0.2, -0.15) is 8.78 Å². The van der Waals surface area contributed by atoms with Crippen LogP contribution >= 0.6 is 39.9 Å². The average molecular weight is 502 g/mol. The van der Waals surface area contributed by atoms with Crippen LogP contribution in [0.3, 0.4) is 0 Å². The van der Waals surface area contributed by atoms with Crippen molar-refractivity contribution in [3.63, 3.8) is 0 Å². The first kappa shape index (κ1) is 20.1. The minimum atomic E-state index is -2.85. The number of guanidine groups is 1. The van der Waals surface area contributed by atoms with Gasteiger partial charge >= 0.3 is 6.61 Å². The first-order valence-electron chi connectivity index (χ1n) is 6.94. The van der Waals surface area contributed by atoms with E-state index in [0.717, 1.165) is 17.3 Å². The molecule has 2 rings (SSSR count). The molecule has 0 radical (unpaired) electrons. The second kappa shape index (κ2) is 10.1. The van der Waals surface area contributed by atoms with Crippen LogP contribution in [0, 0.1) is 0 Å². The molecule has 0 atom stereocenters. The number of halogens is 4. The van der Waals surface area contributed by atoms with Gasteiger partial charge in [0.05, 0.1) is 0 Å². The fraction of sp³-hybridized carbons (Fsp3) is 0.400. The number of benzene rings is 1. The highest BCUT2D eigenvalue weighted by Crippen LogP contribution is 2.24. The van der Waals surface area contributed by atoms with E-state index in [-0.39, 0.29) is 29.7 Å². The minimum Gasteiger partial charge on any atom is -0.434 e. The summed E-state index contributed by atoms with van der Waals surface area (Å²) in [4.78, 5) is 4.15. The van der Waals surface area contributed by atoms with Gasteiger partial charge in [-0.05, 0) is 31.0 Å². The van der Waals surface area contributed by atoms with Gasteiger partial charge in [0.1, 0.15) is 5.75 Å². The molecule has 2 N–H and O–H groups in total. The molecule has 0 aromatic heterocycles. The quantitative estimate of drug-likeness (QED) is 0.277. The van der Waals surface area contributed by atoms with Gasteiger partial charge in [-0.3, -0.25) is 4.99 Å². The normalized spacial score (nSPS) is 14.7. The van der Waals surface area contributed by atoms with Crippen LogP contribution in [0.25, 0.3) is 0 Å². The summed E-state index contributed by atoms with van der Waals surface area (Å²) in [6.07, 6.45) is 6.15. The van der Waals surface area contributed by atoms with Crippen molar-refractivity contribution >= 4 is 45.9 Å². The molecule has 1 aliphatic rings. The highest BCUT2D eigenvalue weighted by molar-refractivity contribution is 14.0. The van der Waals surface area contributed by atoms with Gasteiger partial charge in [-0.1, -0.05) is 28.1 Å². The third kappa shape index (κ3) is 6.62. The molecule has 128 valence electrons. The van der Waals surface area contributed by atoms with Crippen LogP contribution in [0.4, 0.5) is 8.78 Å². The van der Waals surface area contributed by atoms with E-state index in [9.17, 15) is 8.78 Å². The van der Waals surface area contributed by atoms with Crippen LogP contribution in [0.5, 0.6) is 5.75 Å². The largest absolute Gasteiger partial charge is 0.434 e. The van der Waals surface area contributed by atoms with Gasteiger partial charge in [0.2, 0.25) is 0 Å². The summed E-state index contributed by atoms with van der Waals surface area (Å²) in [5, 5.41) is 6.41. The van der Waals surface area contributed by atoms with Gasteiger partial charge < -0.3 is 15.4 Å². The Kier molecular flexibility index (Phi) is 8.82. The van der Waals surface area contributed by atoms with Crippen molar-refractivity contribution in [2.75, 3.05) is 7.05 Å². The summed E-state index contributed by atoms with van der Waals surface area (Å²) in [5.74, 6) is 0.792. The SMILES string of the molecule is CN=C(NCc1cc(Br)ccc1OC(F)F)NC1CC=CC1.I. The molecule has 0 bridgehead atoms. The number of hydrogen-bond donors (Lipinski definition) is 2. The third-order valence-corrected chi connectivity index (χ3v) is 3.75. The number of hydrogen-bond acceptors (Lipinski definition) is 2. The Bertz CT molecular complexity index is 562. The monoisotopic (exact) mass is 501 g/mol. The summed E-state index contributed by atoms with van der Waals surface area (Å²) in [7, 11) is 1.68. The Balaban J connectivity index is 0.00000264. The molecule has 4 nitrogen and oxygen atoms in total. The lowest BCUT2D eigenvalue weighted by Crippen LogP contribution is -2.42. The molecule has 0 saturated heterocycles. The Morgan fingerprint density at radius 2 is 2.09 bits per heavy atom. The van der Waals surface area contributed by atoms with Crippen LogP contribution in [0.2, 0.25) is 0 Å². The fourth-order valence-corrected chi connectivity index (χ4v) is 2.61. The number of ether oxygens (including phenoxy) is 1. The lowest BCUT2D eigenvalue weighted by molar-refractivity contribution is -0.0504. The second-order valence-electron chi connectivity index (χ2n) is 4.84. The molecule has 0 spiro atoms. The van der Waals surface area contributed by atoms with Crippen LogP contribution in [-0.2, 0) is 6.54 Å². The van der Waals surface area contributed by atoms with Crippen LogP contribution in [0.1, 0.15) is 18.4 Å². The highest BCUT2D eigenvalue weighted by atomic mass is 127. The smallest absolute Gasteiger partial charge is 0.387 e. The Morgan fingerprint density at radius 3 is 2.70 bits per heavy atom. The maximum absolute atomic E-state index is 12.4. The molecule has 0 aliphatic heterocycles. The van der Waals surface area contributed by atoms with Crippen LogP contribution in [-0.4, -0.2) is 25.7 Å². The topological polar surface area (TPSA) is 45.7 Å². The van der Waals surface area contributed by atoms with Gasteiger partial charge in [0.25, 0.3) is 0 Å². The maximum atomic E-state index is 12.4. The van der Waals surface area contributed by atoms with Crippen LogP contribution < -0.4 is 15.4 Å². The van der Waals surface area contributed by atoms with E-state index < -0.39 is 6.61 Å². The van der Waals surface area contributed by atoms with Crippen molar-refractivity contribution in [1.29, 1.82) is 0 Å². The number of nitrogens with one attached hydrogen (secondary N) is 2. The predicted octanol–water partition coefficient (Wildman–Crippen LogP) is 4.05. The van der Waals surface area contributed by atoms with E-state index in [2.05, 4.69) is 48.4 Å². The van der Waals surface area contributed by atoms with Crippen molar-refractivity contribution in [2.24, 2.45) is 4.99 Å². The number of aliphatic imine (C=N–C) groups is 1. The average Bonchev–Trinajstić information content (AvgIpc) is 2.98. The molecule has 8 heteroatoms. The van der Waals surface area contributed by atoms with Crippen molar-refractivity contribution in [3.05, 3.63) is 40.4 Å². The summed E-state index contributed by atoms with van der Waals surface area (Å²) in [6.45, 7) is -2.51. The van der Waals surface area contributed by atoms with E-state index >= 15 is 0 Å². The molecule has 23 heavy (non-hydrogen) atoms. The van der Waals surface area contributed by atoms with Gasteiger partial charge in [0.15, 0.2) is 5.96 Å². The van der Waals surface area contributed by atoms with Crippen molar-refractivity contribution in [3.8, 4) is 5.75 Å². The molecule has 0 unspecified atom stereocenters. The first-order chi connectivity index (χ1) is 10.6. The predicted molar refractivity (Wildman–Crippen MR) is 102 cm³/mol. The fourth-order valence-electron chi connectivity index (χ4n) is 2.20. The molecular formula is C15H19BrF2IN3O. The zero-order valence-corrected chi connectivity index (χ0v) is 16.5. The molecule has 0 fully saturated rings. The third-order valence-electron chi connectivity index (χ3n) is 3.26. The number of alkyl halides is 2. The lowest BCUT2D eigenvalue weighted by atomic mass is 10.2. The summed E-state index contributed by atoms with van der Waals surface area (Å²) < 4.78 is 30.2. The molecule has 1 aromatic rings.